The first-order valence-electron chi connectivity index (χ1n) is 10.2. The molecule has 0 aliphatic heterocycles. The van der Waals surface area contributed by atoms with Crippen LogP contribution in [0.5, 0.6) is 17.4 Å². The highest BCUT2D eigenvalue weighted by atomic mass is 79.9. The first-order chi connectivity index (χ1) is 15.2. The fraction of sp³-hybridized carbons (Fsp3) is 0.292. The second-order valence-electron chi connectivity index (χ2n) is 6.80. The van der Waals surface area contributed by atoms with Crippen molar-refractivity contribution in [2.45, 2.75) is 26.5 Å². The molecule has 1 N–H and O–H groups in total. The van der Waals surface area contributed by atoms with Crippen molar-refractivity contribution in [1.82, 2.24) is 10.3 Å². The molecule has 0 atom stereocenters. The molecule has 0 aliphatic rings. The molecule has 31 heavy (non-hydrogen) atoms. The minimum absolute atomic E-state index is 0.264. The van der Waals surface area contributed by atoms with Crippen LogP contribution < -0.4 is 19.5 Å². The minimum Gasteiger partial charge on any atom is -0.490 e. The smallest absolute Gasteiger partial charge is 0.213 e. The summed E-state index contributed by atoms with van der Waals surface area (Å²) < 4.78 is 31.3. The van der Waals surface area contributed by atoms with Gasteiger partial charge in [-0.25, -0.2) is 9.37 Å². The molecule has 0 fully saturated rings. The van der Waals surface area contributed by atoms with Gasteiger partial charge in [0.1, 0.15) is 12.4 Å². The van der Waals surface area contributed by atoms with Gasteiger partial charge in [-0.15, -0.1) is 0 Å². The topological polar surface area (TPSA) is 52.6 Å². The monoisotopic (exact) mass is 488 g/mol. The molecular formula is C24H26BrFN2O3. The second kappa shape index (κ2) is 12.3. The Morgan fingerprint density at radius 3 is 2.58 bits per heavy atom. The summed E-state index contributed by atoms with van der Waals surface area (Å²) in [4.78, 5) is 4.14. The predicted molar refractivity (Wildman–Crippen MR) is 122 cm³/mol. The predicted octanol–water partition coefficient (Wildman–Crippen LogP) is 5.52. The van der Waals surface area contributed by atoms with E-state index in [1.165, 1.54) is 12.1 Å². The molecule has 1 aromatic heterocycles. The zero-order valence-electron chi connectivity index (χ0n) is 17.4. The van der Waals surface area contributed by atoms with Gasteiger partial charge in [-0.1, -0.05) is 18.2 Å². The third-order valence-corrected chi connectivity index (χ3v) is 4.97. The number of aromatic nitrogens is 1. The average molecular weight is 489 g/mol. The zero-order chi connectivity index (χ0) is 21.9. The molecule has 5 nitrogen and oxygen atoms in total. The first-order valence-corrected chi connectivity index (χ1v) is 11.0. The molecule has 7 heteroatoms. The molecule has 0 bridgehead atoms. The van der Waals surface area contributed by atoms with Crippen molar-refractivity contribution in [1.29, 1.82) is 0 Å². The standard InChI is InChI=1S/C24H26BrFN2O3/c1-2-29-22-15-19(16-27-11-5-13-30-23-6-3-4-12-28-23)14-21(25)24(22)31-17-18-7-9-20(26)10-8-18/h3-4,6-10,12,14-15,27H,2,5,11,13,16-17H2,1H3. The number of nitrogens with zero attached hydrogens (tertiary/aromatic N) is 1. The van der Waals surface area contributed by atoms with Crippen LogP contribution in [0.2, 0.25) is 0 Å². The van der Waals surface area contributed by atoms with Crippen molar-refractivity contribution >= 4 is 15.9 Å². The molecule has 164 valence electrons. The number of ether oxygens (including phenoxy) is 3. The van der Waals surface area contributed by atoms with E-state index in [1.807, 2.05) is 37.3 Å². The van der Waals surface area contributed by atoms with Crippen LogP contribution in [0, 0.1) is 5.82 Å². The van der Waals surface area contributed by atoms with Gasteiger partial charge in [0.15, 0.2) is 11.5 Å². The van der Waals surface area contributed by atoms with Crippen molar-refractivity contribution in [3.63, 3.8) is 0 Å². The lowest BCUT2D eigenvalue weighted by atomic mass is 10.2. The van der Waals surface area contributed by atoms with Crippen LogP contribution in [0.3, 0.4) is 0 Å². The van der Waals surface area contributed by atoms with Gasteiger partial charge in [0.05, 0.1) is 17.7 Å². The number of hydrogen-bond acceptors (Lipinski definition) is 5. The number of pyridine rings is 1. The fourth-order valence-electron chi connectivity index (χ4n) is 2.90. The van der Waals surface area contributed by atoms with Crippen LogP contribution in [-0.4, -0.2) is 24.7 Å². The third-order valence-electron chi connectivity index (χ3n) is 4.38. The molecule has 0 spiro atoms. The summed E-state index contributed by atoms with van der Waals surface area (Å²) in [7, 11) is 0. The van der Waals surface area contributed by atoms with Crippen molar-refractivity contribution in [2.24, 2.45) is 0 Å². The maximum absolute atomic E-state index is 13.1. The molecule has 3 rings (SSSR count). The van der Waals surface area contributed by atoms with Crippen molar-refractivity contribution in [3.05, 3.63) is 82.2 Å². The molecule has 0 saturated carbocycles. The molecule has 3 aromatic rings. The number of halogens is 2. The summed E-state index contributed by atoms with van der Waals surface area (Å²) in [6.45, 7) is 4.91. The Morgan fingerprint density at radius 2 is 1.84 bits per heavy atom. The highest BCUT2D eigenvalue weighted by Crippen LogP contribution is 2.37. The quantitative estimate of drug-likeness (QED) is 0.340. The lowest BCUT2D eigenvalue weighted by molar-refractivity contribution is 0.267. The van der Waals surface area contributed by atoms with Crippen LogP contribution in [0.15, 0.2) is 65.3 Å². The number of benzene rings is 2. The molecule has 0 amide bonds. The lowest BCUT2D eigenvalue weighted by Gasteiger charge is -2.16. The average Bonchev–Trinajstić information content (AvgIpc) is 2.78. The Balaban J connectivity index is 1.50. The Morgan fingerprint density at radius 1 is 1.00 bits per heavy atom. The van der Waals surface area contributed by atoms with Gasteiger partial charge in [-0.3, -0.25) is 0 Å². The molecule has 0 unspecified atom stereocenters. The van der Waals surface area contributed by atoms with Gasteiger partial charge in [-0.2, -0.15) is 0 Å². The van der Waals surface area contributed by atoms with Gasteiger partial charge in [0.2, 0.25) is 5.88 Å². The highest BCUT2D eigenvalue weighted by molar-refractivity contribution is 9.10. The third kappa shape index (κ3) is 7.52. The minimum atomic E-state index is -0.264. The number of rotatable bonds is 12. The summed E-state index contributed by atoms with van der Waals surface area (Å²) in [6.07, 6.45) is 2.59. The summed E-state index contributed by atoms with van der Waals surface area (Å²) in [5.41, 5.74) is 1.96. The summed E-state index contributed by atoms with van der Waals surface area (Å²) in [6, 6.07) is 15.9. The van der Waals surface area contributed by atoms with Gasteiger partial charge in [-0.05, 0) is 77.3 Å². The summed E-state index contributed by atoms with van der Waals surface area (Å²) in [5, 5.41) is 3.41. The molecular weight excluding hydrogens is 463 g/mol. The van der Waals surface area contributed by atoms with Gasteiger partial charge >= 0.3 is 0 Å². The fourth-order valence-corrected chi connectivity index (χ4v) is 3.51. The van der Waals surface area contributed by atoms with E-state index in [2.05, 4.69) is 26.2 Å². The largest absolute Gasteiger partial charge is 0.490 e. The van der Waals surface area contributed by atoms with E-state index in [-0.39, 0.29) is 5.82 Å². The molecule has 0 aliphatic carbocycles. The SMILES string of the molecule is CCOc1cc(CNCCCOc2ccccn2)cc(Br)c1OCc1ccc(F)cc1. The van der Waals surface area contributed by atoms with Crippen LogP contribution in [0.1, 0.15) is 24.5 Å². The Kier molecular flexibility index (Phi) is 9.12. The molecule has 0 radical (unpaired) electrons. The highest BCUT2D eigenvalue weighted by Gasteiger charge is 2.13. The second-order valence-corrected chi connectivity index (χ2v) is 7.65. The normalized spacial score (nSPS) is 10.7. The van der Waals surface area contributed by atoms with E-state index >= 15 is 0 Å². The number of nitrogens with one attached hydrogen (secondary N) is 1. The molecule has 0 saturated heterocycles. The van der Waals surface area contributed by atoms with Crippen LogP contribution >= 0.6 is 15.9 Å². The van der Waals surface area contributed by atoms with E-state index < -0.39 is 0 Å². The van der Waals surface area contributed by atoms with Crippen molar-refractivity contribution in [3.8, 4) is 17.4 Å². The Hall–Kier alpha value is -2.64. The van der Waals surface area contributed by atoms with E-state index in [9.17, 15) is 4.39 Å². The molecule has 1 heterocycles. The zero-order valence-corrected chi connectivity index (χ0v) is 19.0. The van der Waals surface area contributed by atoms with E-state index in [1.54, 1.807) is 18.3 Å². The van der Waals surface area contributed by atoms with Crippen molar-refractivity contribution in [2.75, 3.05) is 19.8 Å². The van der Waals surface area contributed by atoms with Crippen LogP contribution in [0.4, 0.5) is 4.39 Å². The van der Waals surface area contributed by atoms with Crippen LogP contribution in [0.25, 0.3) is 0 Å². The van der Waals surface area contributed by atoms with E-state index in [0.29, 0.717) is 43.7 Å². The van der Waals surface area contributed by atoms with E-state index in [4.69, 9.17) is 14.2 Å². The molecule has 2 aromatic carbocycles. The first kappa shape index (κ1) is 23.0. The lowest BCUT2D eigenvalue weighted by Crippen LogP contribution is -2.17. The van der Waals surface area contributed by atoms with Crippen LogP contribution in [-0.2, 0) is 13.2 Å². The maximum atomic E-state index is 13.1. The Bertz CT molecular complexity index is 940. The summed E-state index contributed by atoms with van der Waals surface area (Å²) in [5.74, 6) is 1.69. The summed E-state index contributed by atoms with van der Waals surface area (Å²) >= 11 is 3.59. The van der Waals surface area contributed by atoms with Gasteiger partial charge < -0.3 is 19.5 Å². The Labute approximate surface area is 190 Å². The maximum Gasteiger partial charge on any atom is 0.213 e. The van der Waals surface area contributed by atoms with Gasteiger partial charge in [0.25, 0.3) is 0 Å². The van der Waals surface area contributed by atoms with E-state index in [0.717, 1.165) is 28.6 Å². The number of hydrogen-bond donors (Lipinski definition) is 1. The van der Waals surface area contributed by atoms with Crippen molar-refractivity contribution < 1.29 is 18.6 Å². The van der Waals surface area contributed by atoms with Gasteiger partial charge in [0, 0.05) is 18.8 Å².